The molecule has 55 heavy (non-hydrogen) atoms. The lowest BCUT2D eigenvalue weighted by Crippen LogP contribution is -2.50. The van der Waals surface area contributed by atoms with Crippen LogP contribution in [0.5, 0.6) is 5.75 Å². The zero-order valence-corrected chi connectivity index (χ0v) is 33.1. The van der Waals surface area contributed by atoms with Gasteiger partial charge in [0.2, 0.25) is 0 Å². The van der Waals surface area contributed by atoms with E-state index < -0.39 is 37.0 Å². The molecule has 0 unspecified atom stereocenters. The van der Waals surface area contributed by atoms with Crippen LogP contribution in [-0.2, 0) is 21.2 Å². The molecule has 1 aliphatic heterocycles. The number of sulfonamides is 1. The summed E-state index contributed by atoms with van der Waals surface area (Å²) in [6, 6.07) is 25.6. The number of nitrogens with zero attached hydrogens (tertiary/aromatic N) is 3. The number of anilines is 1. The summed E-state index contributed by atoms with van der Waals surface area (Å²) in [6.45, 7) is 9.78. The number of benzene rings is 4. The van der Waals surface area contributed by atoms with Crippen molar-refractivity contribution in [2.75, 3.05) is 57.4 Å². The third kappa shape index (κ3) is 11.7. The number of carbonyl (C=O) groups is 2. The maximum Gasteiger partial charge on any atom is 0.410 e. The molecule has 0 saturated carbocycles. The molecule has 15 heteroatoms. The first-order valence-corrected chi connectivity index (χ1v) is 20.4. The van der Waals surface area contributed by atoms with E-state index in [2.05, 4.69) is 10.2 Å². The summed E-state index contributed by atoms with van der Waals surface area (Å²) in [5.41, 5.74) is 2.03. The summed E-state index contributed by atoms with van der Waals surface area (Å²) >= 11 is 1.58. The number of rotatable bonds is 15. The van der Waals surface area contributed by atoms with Crippen LogP contribution in [0, 0.1) is 10.1 Å². The van der Waals surface area contributed by atoms with Gasteiger partial charge in [-0.1, -0.05) is 42.5 Å². The first-order valence-electron chi connectivity index (χ1n) is 18.0. The molecule has 5 rings (SSSR count). The van der Waals surface area contributed by atoms with Crippen molar-refractivity contribution < 1.29 is 32.4 Å². The zero-order valence-electron chi connectivity index (χ0n) is 31.4. The molecule has 2 N–H and O–H groups in total. The molecule has 1 heterocycles. The van der Waals surface area contributed by atoms with Gasteiger partial charge in [-0.15, -0.1) is 11.8 Å². The Labute approximate surface area is 326 Å². The molecule has 4 aromatic carbocycles. The zero-order chi connectivity index (χ0) is 39.6. The fourth-order valence-electron chi connectivity index (χ4n) is 6.01. The van der Waals surface area contributed by atoms with Gasteiger partial charge in [0.15, 0.2) is 0 Å². The number of nitro benzene ring substituents is 1. The van der Waals surface area contributed by atoms with Crippen molar-refractivity contribution in [3.8, 4) is 16.9 Å². The molecule has 13 nitrogen and oxygen atoms in total. The second kappa shape index (κ2) is 18.5. The van der Waals surface area contributed by atoms with Gasteiger partial charge in [-0.2, -0.15) is 0 Å². The molecule has 0 aromatic heterocycles. The molecular formula is C40H47N5O8S2. The fraction of sp³-hybridized carbons (Fsp3) is 0.350. The highest BCUT2D eigenvalue weighted by molar-refractivity contribution is 7.99. The van der Waals surface area contributed by atoms with E-state index in [1.807, 2.05) is 74.0 Å². The lowest BCUT2D eigenvalue weighted by molar-refractivity contribution is -0.384. The van der Waals surface area contributed by atoms with Crippen molar-refractivity contribution in [1.29, 1.82) is 0 Å². The van der Waals surface area contributed by atoms with Crippen LogP contribution in [0.15, 0.2) is 101 Å². The topological polar surface area (TPSA) is 160 Å². The largest absolute Gasteiger partial charge is 0.496 e. The third-order valence-electron chi connectivity index (χ3n) is 8.82. The molecule has 0 atom stereocenters. The first kappa shape index (κ1) is 41.1. The number of hydrogen-bond donors (Lipinski definition) is 2. The molecule has 4 aromatic rings. The SMILES string of the molecule is COc1cc(CCCN2CCN(C(=O)OC(C)(C)C)CC2)ccc1-c1ccc(C(=O)NS(=O)(=O)c2ccc(NCCSc3ccccc3)c([N+](=O)[O-])c2)cc1. The monoisotopic (exact) mass is 789 g/mol. The highest BCUT2D eigenvalue weighted by atomic mass is 32.2. The minimum Gasteiger partial charge on any atom is -0.496 e. The maximum atomic E-state index is 13.2. The number of aryl methyl sites for hydroxylation is 1. The van der Waals surface area contributed by atoms with E-state index in [1.54, 1.807) is 35.9 Å². The number of methoxy groups -OCH3 is 1. The van der Waals surface area contributed by atoms with Gasteiger partial charge in [-0.3, -0.25) is 19.8 Å². The summed E-state index contributed by atoms with van der Waals surface area (Å²) in [7, 11) is -2.83. The summed E-state index contributed by atoms with van der Waals surface area (Å²) in [4.78, 5) is 41.3. The number of hydrogen-bond acceptors (Lipinski definition) is 11. The predicted octanol–water partition coefficient (Wildman–Crippen LogP) is 7.08. The van der Waals surface area contributed by atoms with Gasteiger partial charge in [-0.25, -0.2) is 17.9 Å². The molecule has 1 aliphatic rings. The van der Waals surface area contributed by atoms with Crippen LogP contribution in [0.1, 0.15) is 43.1 Å². The third-order valence-corrected chi connectivity index (χ3v) is 11.2. The number of nitrogens with one attached hydrogen (secondary N) is 2. The predicted molar refractivity (Wildman–Crippen MR) is 214 cm³/mol. The normalized spacial score (nSPS) is 13.6. The Morgan fingerprint density at radius 2 is 1.64 bits per heavy atom. The second-order valence-corrected chi connectivity index (χ2v) is 16.8. The lowest BCUT2D eigenvalue weighted by atomic mass is 9.99. The molecule has 0 radical (unpaired) electrons. The highest BCUT2D eigenvalue weighted by Gasteiger charge is 2.26. The number of ether oxygens (including phenoxy) is 2. The van der Waals surface area contributed by atoms with Crippen LogP contribution in [-0.4, -0.2) is 92.9 Å². The van der Waals surface area contributed by atoms with Gasteiger partial charge in [0.25, 0.3) is 21.6 Å². The van der Waals surface area contributed by atoms with Crippen LogP contribution in [0.3, 0.4) is 0 Å². The van der Waals surface area contributed by atoms with Gasteiger partial charge >= 0.3 is 6.09 Å². The molecule has 292 valence electrons. The van der Waals surface area contributed by atoms with Gasteiger partial charge in [-0.05, 0) is 93.7 Å². The van der Waals surface area contributed by atoms with Gasteiger partial charge in [0.1, 0.15) is 17.0 Å². The Hall–Kier alpha value is -5.12. The number of thioether (sulfide) groups is 1. The van der Waals surface area contributed by atoms with E-state index in [9.17, 15) is 28.1 Å². The van der Waals surface area contributed by atoms with Gasteiger partial charge in [0, 0.05) is 60.6 Å². The second-order valence-electron chi connectivity index (χ2n) is 14.0. The molecule has 0 spiro atoms. The van der Waals surface area contributed by atoms with Crippen molar-refractivity contribution in [2.45, 2.75) is 49.0 Å². The lowest BCUT2D eigenvalue weighted by Gasteiger charge is -2.35. The Morgan fingerprint density at radius 3 is 2.29 bits per heavy atom. The number of amides is 2. The number of nitro groups is 1. The first-order chi connectivity index (χ1) is 26.2. The summed E-state index contributed by atoms with van der Waals surface area (Å²) in [5.74, 6) is 0.425. The molecule has 1 saturated heterocycles. The van der Waals surface area contributed by atoms with Gasteiger partial charge in [0.05, 0.1) is 16.9 Å². The molecule has 1 fully saturated rings. The molecular weight excluding hydrogens is 743 g/mol. The Balaban J connectivity index is 1.14. The Morgan fingerprint density at radius 1 is 0.927 bits per heavy atom. The maximum absolute atomic E-state index is 13.2. The Bertz CT molecular complexity index is 2070. The van der Waals surface area contributed by atoms with Crippen LogP contribution in [0.4, 0.5) is 16.2 Å². The van der Waals surface area contributed by atoms with Crippen LogP contribution < -0.4 is 14.8 Å². The van der Waals surface area contributed by atoms with Crippen molar-refractivity contribution in [1.82, 2.24) is 14.5 Å². The average molecular weight is 790 g/mol. The van der Waals surface area contributed by atoms with Crippen LogP contribution in [0.2, 0.25) is 0 Å². The molecule has 2 amide bonds. The van der Waals surface area contributed by atoms with E-state index in [-0.39, 0.29) is 17.3 Å². The molecule has 0 bridgehead atoms. The quantitative estimate of drug-likeness (QED) is 0.0549. The highest BCUT2D eigenvalue weighted by Crippen LogP contribution is 2.32. The van der Waals surface area contributed by atoms with Crippen molar-refractivity contribution in [3.05, 3.63) is 112 Å². The average Bonchev–Trinajstić information content (AvgIpc) is 3.16. The van der Waals surface area contributed by atoms with Crippen LogP contribution >= 0.6 is 11.8 Å². The van der Waals surface area contributed by atoms with Gasteiger partial charge < -0.3 is 19.7 Å². The van der Waals surface area contributed by atoms with Crippen molar-refractivity contribution in [3.63, 3.8) is 0 Å². The fourth-order valence-corrected chi connectivity index (χ4v) is 7.79. The van der Waals surface area contributed by atoms with E-state index in [1.165, 1.54) is 24.3 Å². The van der Waals surface area contributed by atoms with E-state index in [4.69, 9.17) is 9.47 Å². The van der Waals surface area contributed by atoms with E-state index in [0.29, 0.717) is 31.1 Å². The van der Waals surface area contributed by atoms with E-state index >= 15 is 0 Å². The summed E-state index contributed by atoms with van der Waals surface area (Å²) in [6.07, 6.45) is 1.51. The summed E-state index contributed by atoms with van der Waals surface area (Å²) < 4.78 is 39.5. The number of carbonyl (C=O) groups excluding carboxylic acids is 2. The standard InChI is InChI=1S/C40H47N5O8S2/c1-40(2,3)53-39(47)44-24-22-43(23-25-44)21-8-9-29-12-18-34(37(27-29)52-4)30-13-15-31(16-14-30)38(46)42-55(50,51)33-17-19-35(36(28-33)45(48)49)41-20-26-54-32-10-6-5-7-11-32/h5-7,10-19,27-28,41H,8-9,20-26H2,1-4H3,(H,42,46). The summed E-state index contributed by atoms with van der Waals surface area (Å²) in [5, 5.41) is 14.8. The van der Waals surface area contributed by atoms with Crippen molar-refractivity contribution >= 4 is 45.2 Å². The van der Waals surface area contributed by atoms with Crippen LogP contribution in [0.25, 0.3) is 11.1 Å². The smallest absolute Gasteiger partial charge is 0.410 e. The minimum atomic E-state index is -4.43. The number of piperazine rings is 1. The Kier molecular flexibility index (Phi) is 13.8. The van der Waals surface area contributed by atoms with E-state index in [0.717, 1.165) is 60.1 Å². The molecule has 0 aliphatic carbocycles. The minimum absolute atomic E-state index is 0.0959. The van der Waals surface area contributed by atoms with Crippen molar-refractivity contribution in [2.24, 2.45) is 0 Å².